The Morgan fingerprint density at radius 1 is 1.21 bits per heavy atom. The molecule has 0 bridgehead atoms. The molecule has 0 radical (unpaired) electrons. The predicted octanol–water partition coefficient (Wildman–Crippen LogP) is 3.41. The Morgan fingerprint density at radius 3 is 2.73 bits per heavy atom. The van der Waals surface area contributed by atoms with Gasteiger partial charge in [0, 0.05) is 32.3 Å². The summed E-state index contributed by atoms with van der Waals surface area (Å²) in [5.41, 5.74) is -0.370. The van der Waals surface area contributed by atoms with E-state index >= 15 is 0 Å². The summed E-state index contributed by atoms with van der Waals surface area (Å²) >= 11 is 0. The summed E-state index contributed by atoms with van der Waals surface area (Å²) in [6.07, 6.45) is -1.61. The minimum Gasteiger partial charge on any atom is -0.491 e. The lowest BCUT2D eigenvalue weighted by molar-refractivity contribution is -0.142. The molecule has 0 aromatic carbocycles. The van der Waals surface area contributed by atoms with E-state index in [1.807, 2.05) is 4.90 Å². The van der Waals surface area contributed by atoms with Gasteiger partial charge >= 0.3 is 6.18 Å². The van der Waals surface area contributed by atoms with Gasteiger partial charge in [0.1, 0.15) is 23.6 Å². The van der Waals surface area contributed by atoms with E-state index in [2.05, 4.69) is 20.1 Å². The maximum absolute atomic E-state index is 13.1. The van der Waals surface area contributed by atoms with Crippen LogP contribution in [0.5, 0.6) is 5.75 Å². The molecule has 0 spiro atoms. The van der Waals surface area contributed by atoms with Gasteiger partial charge < -0.3 is 14.7 Å². The monoisotopic (exact) mass is 474 g/mol. The van der Waals surface area contributed by atoms with Gasteiger partial charge in [-0.1, -0.05) is 0 Å². The van der Waals surface area contributed by atoms with Crippen LogP contribution in [-0.2, 0) is 12.7 Å². The van der Waals surface area contributed by atoms with Crippen LogP contribution in [0.2, 0.25) is 0 Å². The molecule has 0 aliphatic carbocycles. The normalized spacial score (nSPS) is 16.6. The molecule has 3 aromatic rings. The van der Waals surface area contributed by atoms with Gasteiger partial charge in [0.15, 0.2) is 11.3 Å². The van der Waals surface area contributed by atoms with E-state index < -0.39 is 24.8 Å². The van der Waals surface area contributed by atoms with Crippen LogP contribution in [0.4, 0.5) is 27.8 Å². The first-order chi connectivity index (χ1) is 15.8. The molecule has 13 heteroatoms. The number of aliphatic hydroxyl groups excluding tert-OH is 1. The Labute approximate surface area is 186 Å². The van der Waals surface area contributed by atoms with Gasteiger partial charge in [-0.3, -0.25) is 0 Å². The summed E-state index contributed by atoms with van der Waals surface area (Å²) in [7, 11) is 1.00. The molecule has 1 aliphatic rings. The SMILES string of the molecule is CO.FC(F)Cn1ncc2ncc(N3CCC[C@@H](COc4cccnc4C(F)(F)F)C3)nc21. The molecule has 1 N–H and O–H groups in total. The summed E-state index contributed by atoms with van der Waals surface area (Å²) in [4.78, 5) is 14.0. The standard InChI is InChI=1S/C19H19F5N6O.CH4O/c20-15(21)10-30-18-13(7-27-30)26-8-16(28-18)29-6-2-3-12(9-29)11-31-14-4-1-5-25-17(14)19(22,23)24;1-2/h1,4-5,7-8,12,15H,2-3,6,9-11H2;2H,1H3/t12-;/m1./s1. The van der Waals surface area contributed by atoms with Crippen molar-refractivity contribution in [1.29, 1.82) is 0 Å². The van der Waals surface area contributed by atoms with E-state index in [1.165, 1.54) is 18.3 Å². The summed E-state index contributed by atoms with van der Waals surface area (Å²) in [6, 6.07) is 2.64. The Balaban J connectivity index is 0.00000149. The van der Waals surface area contributed by atoms with E-state index in [0.717, 1.165) is 30.8 Å². The molecule has 3 aromatic heterocycles. The van der Waals surface area contributed by atoms with Gasteiger partial charge in [0.2, 0.25) is 0 Å². The van der Waals surface area contributed by atoms with E-state index in [-0.39, 0.29) is 23.9 Å². The van der Waals surface area contributed by atoms with Crippen molar-refractivity contribution in [3.63, 3.8) is 0 Å². The summed E-state index contributed by atoms with van der Waals surface area (Å²) in [6.45, 7) is 0.667. The van der Waals surface area contributed by atoms with Gasteiger partial charge in [-0.2, -0.15) is 18.3 Å². The van der Waals surface area contributed by atoms with Crippen molar-refractivity contribution >= 4 is 17.0 Å². The zero-order valence-electron chi connectivity index (χ0n) is 17.7. The van der Waals surface area contributed by atoms with Crippen LogP contribution in [0.15, 0.2) is 30.7 Å². The Morgan fingerprint density at radius 2 is 2.00 bits per heavy atom. The van der Waals surface area contributed by atoms with Crippen molar-refractivity contribution in [2.45, 2.75) is 32.0 Å². The Bertz CT molecular complexity index is 1050. The number of piperidine rings is 1. The van der Waals surface area contributed by atoms with Crippen molar-refractivity contribution in [2.24, 2.45) is 5.92 Å². The van der Waals surface area contributed by atoms with Gasteiger partial charge in [-0.15, -0.1) is 0 Å². The van der Waals surface area contributed by atoms with E-state index in [4.69, 9.17) is 9.84 Å². The fourth-order valence-corrected chi connectivity index (χ4v) is 3.59. The minimum absolute atomic E-state index is 0.0430. The topological polar surface area (TPSA) is 89.2 Å². The highest BCUT2D eigenvalue weighted by Crippen LogP contribution is 2.34. The van der Waals surface area contributed by atoms with Gasteiger partial charge in [0.05, 0.1) is 19.0 Å². The van der Waals surface area contributed by atoms with Gasteiger partial charge in [-0.05, 0) is 25.0 Å². The maximum atomic E-state index is 13.1. The van der Waals surface area contributed by atoms with E-state index in [0.29, 0.717) is 24.4 Å². The third kappa shape index (κ3) is 6.03. The predicted molar refractivity (Wildman–Crippen MR) is 109 cm³/mol. The Hall–Kier alpha value is -3.09. The number of ether oxygens (including phenoxy) is 1. The van der Waals surface area contributed by atoms with Crippen molar-refractivity contribution < 1.29 is 31.8 Å². The summed E-state index contributed by atoms with van der Waals surface area (Å²) in [5, 5.41) is 10.9. The molecule has 33 heavy (non-hydrogen) atoms. The van der Waals surface area contributed by atoms with E-state index in [9.17, 15) is 22.0 Å². The lowest BCUT2D eigenvalue weighted by Gasteiger charge is -2.33. The zero-order chi connectivity index (χ0) is 24.0. The van der Waals surface area contributed by atoms with Crippen LogP contribution in [0.25, 0.3) is 11.2 Å². The first kappa shape index (κ1) is 24.6. The molecule has 1 aliphatic heterocycles. The quantitative estimate of drug-likeness (QED) is 0.548. The van der Waals surface area contributed by atoms with Crippen LogP contribution >= 0.6 is 0 Å². The van der Waals surface area contributed by atoms with Crippen LogP contribution < -0.4 is 9.64 Å². The second kappa shape index (κ2) is 10.7. The molecular formula is C20H23F5N6O2. The lowest BCUT2D eigenvalue weighted by Crippen LogP contribution is -2.38. The number of fused-ring (bicyclic) bond motifs is 1. The average Bonchev–Trinajstić information content (AvgIpc) is 3.20. The smallest absolute Gasteiger partial charge is 0.437 e. The van der Waals surface area contributed by atoms with Crippen molar-refractivity contribution in [2.75, 3.05) is 31.7 Å². The number of nitrogens with zero attached hydrogens (tertiary/aromatic N) is 6. The number of pyridine rings is 1. The number of hydrogen-bond acceptors (Lipinski definition) is 7. The highest BCUT2D eigenvalue weighted by Gasteiger charge is 2.36. The highest BCUT2D eigenvalue weighted by atomic mass is 19.4. The minimum atomic E-state index is -4.60. The Kier molecular flexibility index (Phi) is 7.95. The molecule has 0 unspecified atom stereocenters. The maximum Gasteiger partial charge on any atom is 0.437 e. The van der Waals surface area contributed by atoms with Gasteiger partial charge in [0.25, 0.3) is 6.43 Å². The molecule has 1 saturated heterocycles. The van der Waals surface area contributed by atoms with Crippen molar-refractivity contribution in [1.82, 2.24) is 24.7 Å². The number of alkyl halides is 5. The highest BCUT2D eigenvalue weighted by molar-refractivity contribution is 5.71. The second-order valence-corrected chi connectivity index (χ2v) is 7.27. The fourth-order valence-electron chi connectivity index (χ4n) is 3.59. The molecule has 8 nitrogen and oxygen atoms in total. The molecule has 4 heterocycles. The zero-order valence-corrected chi connectivity index (χ0v) is 17.7. The van der Waals surface area contributed by atoms with Crippen LogP contribution in [0.3, 0.4) is 0 Å². The number of aromatic nitrogens is 5. The van der Waals surface area contributed by atoms with Crippen LogP contribution in [-0.4, -0.2) is 63.1 Å². The van der Waals surface area contributed by atoms with Crippen molar-refractivity contribution in [3.8, 4) is 5.75 Å². The average molecular weight is 474 g/mol. The molecule has 1 fully saturated rings. The number of hydrogen-bond donors (Lipinski definition) is 1. The molecule has 4 rings (SSSR count). The summed E-state index contributed by atoms with van der Waals surface area (Å²) in [5.74, 6) is 0.160. The number of rotatable bonds is 6. The van der Waals surface area contributed by atoms with Gasteiger partial charge in [-0.25, -0.2) is 28.4 Å². The molecule has 0 saturated carbocycles. The molecule has 1 atom stereocenters. The third-order valence-electron chi connectivity index (χ3n) is 5.00. The first-order valence-electron chi connectivity index (χ1n) is 10.1. The van der Waals surface area contributed by atoms with Crippen LogP contribution in [0, 0.1) is 5.92 Å². The second-order valence-electron chi connectivity index (χ2n) is 7.27. The number of halogens is 5. The lowest BCUT2D eigenvalue weighted by atomic mass is 9.99. The number of anilines is 1. The third-order valence-corrected chi connectivity index (χ3v) is 5.00. The summed E-state index contributed by atoms with van der Waals surface area (Å²) < 4.78 is 71.4. The molecule has 180 valence electrons. The molecular weight excluding hydrogens is 451 g/mol. The largest absolute Gasteiger partial charge is 0.491 e. The fraction of sp³-hybridized carbons (Fsp3) is 0.500. The first-order valence-corrected chi connectivity index (χ1v) is 10.1. The molecule has 0 amide bonds. The van der Waals surface area contributed by atoms with Crippen molar-refractivity contribution in [3.05, 3.63) is 36.4 Å². The van der Waals surface area contributed by atoms with E-state index in [1.54, 1.807) is 6.20 Å². The number of aliphatic hydroxyl groups is 1. The van der Waals surface area contributed by atoms with Crippen LogP contribution in [0.1, 0.15) is 18.5 Å².